The van der Waals surface area contributed by atoms with Crippen LogP contribution in [0.3, 0.4) is 0 Å². The standard InChI is InChI=1S/C10H10BrNO4/c1-15-8(13)5-16-10(14)6-3-2-4-7(12)9(6)11/h2-4H,5,12H2,1H3. The Bertz CT molecular complexity index is 419. The Morgan fingerprint density at radius 3 is 2.75 bits per heavy atom. The highest BCUT2D eigenvalue weighted by Gasteiger charge is 2.14. The molecule has 0 saturated carbocycles. The van der Waals surface area contributed by atoms with Gasteiger partial charge in [-0.25, -0.2) is 9.59 Å². The molecular weight excluding hydrogens is 278 g/mol. The van der Waals surface area contributed by atoms with Crippen LogP contribution in [0.15, 0.2) is 22.7 Å². The Morgan fingerprint density at radius 1 is 1.44 bits per heavy atom. The fourth-order valence-electron chi connectivity index (χ4n) is 0.969. The molecule has 0 aliphatic carbocycles. The van der Waals surface area contributed by atoms with Gasteiger partial charge in [0, 0.05) is 5.69 Å². The number of carbonyl (C=O) groups is 2. The van der Waals surface area contributed by atoms with Gasteiger partial charge in [0.25, 0.3) is 0 Å². The Labute approximate surface area is 101 Å². The van der Waals surface area contributed by atoms with Crippen LogP contribution in [0.25, 0.3) is 0 Å². The van der Waals surface area contributed by atoms with Gasteiger partial charge in [0.15, 0.2) is 6.61 Å². The summed E-state index contributed by atoms with van der Waals surface area (Å²) in [5, 5.41) is 0. The highest BCUT2D eigenvalue weighted by Crippen LogP contribution is 2.24. The Balaban J connectivity index is 2.74. The number of methoxy groups -OCH3 is 1. The number of esters is 2. The molecular formula is C10H10BrNO4. The van der Waals surface area contributed by atoms with Crippen molar-refractivity contribution in [3.8, 4) is 0 Å². The molecule has 0 saturated heterocycles. The van der Waals surface area contributed by atoms with Gasteiger partial charge in [-0.15, -0.1) is 0 Å². The van der Waals surface area contributed by atoms with E-state index < -0.39 is 18.5 Å². The highest BCUT2D eigenvalue weighted by molar-refractivity contribution is 9.10. The van der Waals surface area contributed by atoms with Gasteiger partial charge in [-0.3, -0.25) is 0 Å². The number of benzene rings is 1. The number of nitrogens with two attached hydrogens (primary N) is 1. The average Bonchev–Trinajstić information content (AvgIpc) is 2.29. The number of hydrogen-bond donors (Lipinski definition) is 1. The average molecular weight is 288 g/mol. The molecule has 2 N–H and O–H groups in total. The zero-order valence-corrected chi connectivity index (χ0v) is 10.1. The first kappa shape index (κ1) is 12.5. The molecule has 1 aromatic rings. The predicted molar refractivity (Wildman–Crippen MR) is 60.9 cm³/mol. The largest absolute Gasteiger partial charge is 0.466 e. The molecule has 0 fully saturated rings. The van der Waals surface area contributed by atoms with Crippen molar-refractivity contribution in [2.45, 2.75) is 0 Å². The van der Waals surface area contributed by atoms with Crippen LogP contribution in [0.2, 0.25) is 0 Å². The van der Waals surface area contributed by atoms with Crippen LogP contribution in [0, 0.1) is 0 Å². The number of carbonyl (C=O) groups excluding carboxylic acids is 2. The predicted octanol–water partition coefficient (Wildman–Crippen LogP) is 1.36. The lowest BCUT2D eigenvalue weighted by molar-refractivity contribution is -0.144. The molecule has 0 aliphatic rings. The molecule has 0 unspecified atom stereocenters. The van der Waals surface area contributed by atoms with Crippen LogP contribution in [-0.4, -0.2) is 25.7 Å². The van der Waals surface area contributed by atoms with E-state index in [9.17, 15) is 9.59 Å². The molecule has 0 amide bonds. The lowest BCUT2D eigenvalue weighted by Crippen LogP contribution is -2.15. The lowest BCUT2D eigenvalue weighted by atomic mass is 10.2. The van der Waals surface area contributed by atoms with Crippen molar-refractivity contribution in [2.75, 3.05) is 19.5 Å². The first-order valence-corrected chi connectivity index (χ1v) is 5.13. The van der Waals surface area contributed by atoms with Gasteiger partial charge in [-0.1, -0.05) is 6.07 Å². The lowest BCUT2D eigenvalue weighted by Gasteiger charge is -2.06. The molecule has 0 bridgehead atoms. The van der Waals surface area contributed by atoms with E-state index in [2.05, 4.69) is 20.7 Å². The third-order valence-corrected chi connectivity index (χ3v) is 2.68. The van der Waals surface area contributed by atoms with Gasteiger partial charge in [0.2, 0.25) is 0 Å². The van der Waals surface area contributed by atoms with Crippen molar-refractivity contribution < 1.29 is 19.1 Å². The van der Waals surface area contributed by atoms with Crippen molar-refractivity contribution >= 4 is 33.6 Å². The summed E-state index contributed by atoms with van der Waals surface area (Å²) in [7, 11) is 1.21. The fraction of sp³-hybridized carbons (Fsp3) is 0.200. The molecule has 0 aliphatic heterocycles. The first-order chi connectivity index (χ1) is 7.56. The summed E-state index contributed by atoms with van der Waals surface area (Å²) in [5.41, 5.74) is 6.29. The second-order valence-corrected chi connectivity index (χ2v) is 3.65. The van der Waals surface area contributed by atoms with Crippen LogP contribution in [0.4, 0.5) is 5.69 Å². The van der Waals surface area contributed by atoms with Gasteiger partial charge in [-0.05, 0) is 28.1 Å². The van der Waals surface area contributed by atoms with E-state index in [1.54, 1.807) is 18.2 Å². The number of hydrogen-bond acceptors (Lipinski definition) is 5. The molecule has 0 aromatic heterocycles. The van der Waals surface area contributed by atoms with E-state index in [0.29, 0.717) is 10.2 Å². The zero-order valence-electron chi connectivity index (χ0n) is 8.53. The van der Waals surface area contributed by atoms with Gasteiger partial charge < -0.3 is 15.2 Å². The minimum atomic E-state index is -0.635. The summed E-state index contributed by atoms with van der Waals surface area (Å²) in [6.07, 6.45) is 0. The topological polar surface area (TPSA) is 78.6 Å². The van der Waals surface area contributed by atoms with Gasteiger partial charge in [-0.2, -0.15) is 0 Å². The third kappa shape index (κ3) is 2.96. The van der Waals surface area contributed by atoms with Crippen molar-refractivity contribution in [3.63, 3.8) is 0 Å². The van der Waals surface area contributed by atoms with Gasteiger partial charge in [0.05, 0.1) is 17.1 Å². The number of halogens is 1. The molecule has 0 spiro atoms. The zero-order chi connectivity index (χ0) is 12.1. The van der Waals surface area contributed by atoms with Crippen LogP contribution in [0.1, 0.15) is 10.4 Å². The summed E-state index contributed by atoms with van der Waals surface area (Å²) in [5.74, 6) is -1.25. The number of anilines is 1. The second-order valence-electron chi connectivity index (χ2n) is 2.86. The van der Waals surface area contributed by atoms with Crippen molar-refractivity contribution in [2.24, 2.45) is 0 Å². The minimum absolute atomic E-state index is 0.268. The van der Waals surface area contributed by atoms with Crippen molar-refractivity contribution in [3.05, 3.63) is 28.2 Å². The van der Waals surface area contributed by atoms with Gasteiger partial charge >= 0.3 is 11.9 Å². The maximum Gasteiger partial charge on any atom is 0.344 e. The minimum Gasteiger partial charge on any atom is -0.466 e. The van der Waals surface area contributed by atoms with E-state index in [1.807, 2.05) is 0 Å². The maximum atomic E-state index is 11.5. The molecule has 86 valence electrons. The molecule has 0 heterocycles. The molecule has 1 rings (SSSR count). The Kier molecular flexibility index (Phi) is 4.30. The van der Waals surface area contributed by atoms with Crippen molar-refractivity contribution in [1.82, 2.24) is 0 Å². The molecule has 16 heavy (non-hydrogen) atoms. The molecule has 5 nitrogen and oxygen atoms in total. The number of rotatable bonds is 3. The van der Waals surface area contributed by atoms with Crippen LogP contribution in [0.5, 0.6) is 0 Å². The van der Waals surface area contributed by atoms with Crippen LogP contribution >= 0.6 is 15.9 Å². The highest BCUT2D eigenvalue weighted by atomic mass is 79.9. The molecule has 0 atom stereocenters. The smallest absolute Gasteiger partial charge is 0.344 e. The van der Waals surface area contributed by atoms with Crippen molar-refractivity contribution in [1.29, 1.82) is 0 Å². The van der Waals surface area contributed by atoms with E-state index in [4.69, 9.17) is 10.5 Å². The van der Waals surface area contributed by atoms with E-state index in [0.717, 1.165) is 0 Å². The monoisotopic (exact) mass is 287 g/mol. The Hall–Kier alpha value is -1.56. The molecule has 0 radical (unpaired) electrons. The normalized spacial score (nSPS) is 9.62. The fourth-order valence-corrected chi connectivity index (χ4v) is 1.39. The molecule has 6 heteroatoms. The van der Waals surface area contributed by atoms with E-state index in [1.165, 1.54) is 7.11 Å². The summed E-state index contributed by atoms with van der Waals surface area (Å²) >= 11 is 3.16. The molecule has 1 aromatic carbocycles. The Morgan fingerprint density at radius 2 is 2.12 bits per heavy atom. The van der Waals surface area contributed by atoms with Crippen LogP contribution < -0.4 is 5.73 Å². The summed E-state index contributed by atoms with van der Waals surface area (Å²) in [4.78, 5) is 22.3. The number of nitrogen functional groups attached to an aromatic ring is 1. The van der Waals surface area contributed by atoms with E-state index in [-0.39, 0.29) is 5.56 Å². The SMILES string of the molecule is COC(=O)COC(=O)c1cccc(N)c1Br. The maximum absolute atomic E-state index is 11.5. The summed E-state index contributed by atoms with van der Waals surface area (Å²) < 4.78 is 9.50. The quantitative estimate of drug-likeness (QED) is 0.671. The van der Waals surface area contributed by atoms with Crippen LogP contribution in [-0.2, 0) is 14.3 Å². The summed E-state index contributed by atoms with van der Waals surface area (Å²) in [6.45, 7) is -0.420. The van der Waals surface area contributed by atoms with Gasteiger partial charge in [0.1, 0.15) is 0 Å². The second kappa shape index (κ2) is 5.50. The number of ether oxygens (including phenoxy) is 2. The van der Waals surface area contributed by atoms with E-state index >= 15 is 0 Å². The first-order valence-electron chi connectivity index (χ1n) is 4.34. The summed E-state index contributed by atoms with van der Waals surface area (Å²) in [6, 6.07) is 4.80. The third-order valence-electron chi connectivity index (χ3n) is 1.80.